The monoisotopic (exact) mass is 311 g/mol. The van der Waals surface area contributed by atoms with Crippen LogP contribution in [0.2, 0.25) is 0 Å². The van der Waals surface area contributed by atoms with E-state index in [1.807, 2.05) is 0 Å². The van der Waals surface area contributed by atoms with Gasteiger partial charge in [-0.05, 0) is 34.1 Å². The first-order valence-electron chi connectivity index (χ1n) is 4.73. The highest BCUT2D eigenvalue weighted by molar-refractivity contribution is 9.15. The summed E-state index contributed by atoms with van der Waals surface area (Å²) in [5.74, 6) is 0.0241. The summed E-state index contributed by atoms with van der Waals surface area (Å²) in [6.45, 7) is 0. The fraction of sp³-hybridized carbons (Fsp3) is 0. The molecule has 1 N–H and O–H groups in total. The molecule has 17 heavy (non-hydrogen) atoms. The van der Waals surface area contributed by atoms with Crippen LogP contribution in [0.3, 0.4) is 0 Å². The van der Waals surface area contributed by atoms with Crippen molar-refractivity contribution in [1.29, 1.82) is 0 Å². The van der Waals surface area contributed by atoms with Gasteiger partial charge in [0.1, 0.15) is 5.75 Å². The highest BCUT2D eigenvalue weighted by atomic mass is 79.9. The number of nitrogens with zero attached hydrogens (tertiary/aromatic N) is 1. The number of sulfone groups is 1. The SMILES string of the molecule is O=S1(=O)C=C(Br)c2cc3nccc(O)c3cc21. The van der Waals surface area contributed by atoms with E-state index in [0.29, 0.717) is 20.9 Å². The zero-order chi connectivity index (χ0) is 12.2. The number of aromatic nitrogens is 1. The molecule has 2 heterocycles. The highest BCUT2D eigenvalue weighted by Crippen LogP contribution is 2.40. The zero-order valence-corrected chi connectivity index (χ0v) is 10.8. The smallest absolute Gasteiger partial charge is 0.201 e. The van der Waals surface area contributed by atoms with Crippen molar-refractivity contribution in [2.75, 3.05) is 0 Å². The molecule has 0 fully saturated rings. The third-order valence-corrected chi connectivity index (χ3v) is 5.10. The number of benzene rings is 1. The highest BCUT2D eigenvalue weighted by Gasteiger charge is 2.26. The van der Waals surface area contributed by atoms with Crippen LogP contribution < -0.4 is 0 Å². The molecule has 1 aliphatic heterocycles. The average molecular weight is 312 g/mol. The predicted molar refractivity (Wildman–Crippen MR) is 67.5 cm³/mol. The van der Waals surface area contributed by atoms with Gasteiger partial charge < -0.3 is 5.11 Å². The molecule has 6 heteroatoms. The summed E-state index contributed by atoms with van der Waals surface area (Å²) in [5.41, 5.74) is 1.14. The van der Waals surface area contributed by atoms with E-state index in [9.17, 15) is 13.5 Å². The lowest BCUT2D eigenvalue weighted by Crippen LogP contribution is -1.94. The molecule has 0 bridgehead atoms. The molecule has 86 valence electrons. The van der Waals surface area contributed by atoms with Gasteiger partial charge in [-0.25, -0.2) is 8.42 Å². The second kappa shape index (κ2) is 3.30. The van der Waals surface area contributed by atoms with Gasteiger partial charge in [0, 0.05) is 21.6 Å². The van der Waals surface area contributed by atoms with E-state index < -0.39 is 9.84 Å². The third kappa shape index (κ3) is 1.48. The lowest BCUT2D eigenvalue weighted by molar-refractivity contribution is 0.481. The molecule has 0 spiro atoms. The molecule has 0 atom stereocenters. The summed E-state index contributed by atoms with van der Waals surface area (Å²) in [6.07, 6.45) is 1.48. The van der Waals surface area contributed by atoms with Crippen LogP contribution in [0.1, 0.15) is 5.56 Å². The average Bonchev–Trinajstić information content (AvgIpc) is 2.48. The largest absolute Gasteiger partial charge is 0.507 e. The maximum Gasteiger partial charge on any atom is 0.201 e. The lowest BCUT2D eigenvalue weighted by Gasteiger charge is -2.04. The van der Waals surface area contributed by atoms with E-state index in [2.05, 4.69) is 20.9 Å². The second-order valence-electron chi connectivity index (χ2n) is 3.71. The minimum Gasteiger partial charge on any atom is -0.507 e. The molecule has 0 aliphatic carbocycles. The van der Waals surface area contributed by atoms with Crippen LogP contribution in [0.4, 0.5) is 0 Å². The van der Waals surface area contributed by atoms with Crippen LogP contribution in [0, 0.1) is 0 Å². The fourth-order valence-corrected chi connectivity index (χ4v) is 4.32. The molecule has 0 saturated carbocycles. The molecule has 4 nitrogen and oxygen atoms in total. The second-order valence-corrected chi connectivity index (χ2v) is 6.33. The Labute approximate surface area is 106 Å². The summed E-state index contributed by atoms with van der Waals surface area (Å²) in [4.78, 5) is 4.29. The van der Waals surface area contributed by atoms with E-state index in [0.717, 1.165) is 5.41 Å². The molecule has 0 radical (unpaired) electrons. The van der Waals surface area contributed by atoms with Crippen molar-refractivity contribution in [2.45, 2.75) is 4.90 Å². The Morgan fingerprint density at radius 3 is 2.82 bits per heavy atom. The van der Waals surface area contributed by atoms with Gasteiger partial charge in [-0.15, -0.1) is 0 Å². The molecule has 0 amide bonds. The van der Waals surface area contributed by atoms with Crippen molar-refractivity contribution in [1.82, 2.24) is 4.98 Å². The Kier molecular flexibility index (Phi) is 2.08. The third-order valence-electron chi connectivity index (χ3n) is 2.64. The first kappa shape index (κ1) is 10.7. The number of hydrogen-bond donors (Lipinski definition) is 1. The Morgan fingerprint density at radius 2 is 2.06 bits per heavy atom. The topological polar surface area (TPSA) is 67.3 Å². The first-order chi connectivity index (χ1) is 7.99. The molecule has 1 aromatic heterocycles. The van der Waals surface area contributed by atoms with Crippen molar-refractivity contribution < 1.29 is 13.5 Å². The molecule has 1 aliphatic rings. The Hall–Kier alpha value is -1.40. The van der Waals surface area contributed by atoms with Gasteiger partial charge in [0.2, 0.25) is 9.84 Å². The van der Waals surface area contributed by atoms with E-state index in [-0.39, 0.29) is 10.6 Å². The van der Waals surface area contributed by atoms with Crippen LogP contribution in [-0.4, -0.2) is 18.5 Å². The van der Waals surface area contributed by atoms with Crippen LogP contribution in [0.5, 0.6) is 5.75 Å². The number of pyridine rings is 1. The van der Waals surface area contributed by atoms with Gasteiger partial charge in [-0.1, -0.05) is 0 Å². The molecular weight excluding hydrogens is 306 g/mol. The van der Waals surface area contributed by atoms with Crippen LogP contribution >= 0.6 is 15.9 Å². The van der Waals surface area contributed by atoms with Crippen LogP contribution in [0.25, 0.3) is 15.4 Å². The molecular formula is C11H6BrNO3S. The lowest BCUT2D eigenvalue weighted by atomic mass is 10.1. The van der Waals surface area contributed by atoms with Crippen molar-refractivity contribution in [3.63, 3.8) is 0 Å². The van der Waals surface area contributed by atoms with Crippen molar-refractivity contribution in [2.24, 2.45) is 0 Å². The first-order valence-corrected chi connectivity index (χ1v) is 7.07. The molecule has 1 aromatic carbocycles. The summed E-state index contributed by atoms with van der Waals surface area (Å²) in [7, 11) is -3.41. The van der Waals surface area contributed by atoms with Gasteiger partial charge in [-0.3, -0.25) is 4.98 Å². The molecule has 3 rings (SSSR count). The number of halogens is 1. The summed E-state index contributed by atoms with van der Waals surface area (Å²) >= 11 is 3.21. The van der Waals surface area contributed by atoms with Crippen molar-refractivity contribution >= 4 is 41.2 Å². The van der Waals surface area contributed by atoms with Gasteiger partial charge in [-0.2, -0.15) is 0 Å². The normalized spacial score (nSPS) is 16.9. The number of rotatable bonds is 0. The van der Waals surface area contributed by atoms with Gasteiger partial charge in [0.25, 0.3) is 0 Å². The van der Waals surface area contributed by atoms with Gasteiger partial charge >= 0.3 is 0 Å². The number of fused-ring (bicyclic) bond motifs is 2. The maximum absolute atomic E-state index is 11.8. The predicted octanol–water partition coefficient (Wildman–Crippen LogP) is 2.42. The maximum atomic E-state index is 11.8. The van der Waals surface area contributed by atoms with Gasteiger partial charge in [0.15, 0.2) is 0 Å². The van der Waals surface area contributed by atoms with Gasteiger partial charge in [0.05, 0.1) is 15.8 Å². The Bertz CT molecular complexity index is 781. The van der Waals surface area contributed by atoms with E-state index in [1.165, 1.54) is 18.3 Å². The minimum absolute atomic E-state index is 0.0241. The zero-order valence-electron chi connectivity index (χ0n) is 8.38. The van der Waals surface area contributed by atoms with Crippen LogP contribution in [-0.2, 0) is 9.84 Å². The minimum atomic E-state index is -3.41. The fourth-order valence-electron chi connectivity index (χ4n) is 1.84. The summed E-state index contributed by atoms with van der Waals surface area (Å²) in [6, 6.07) is 4.53. The number of aromatic hydroxyl groups is 1. The summed E-state index contributed by atoms with van der Waals surface area (Å²) < 4.78 is 24.1. The van der Waals surface area contributed by atoms with Crippen LogP contribution in [0.15, 0.2) is 34.7 Å². The Morgan fingerprint density at radius 1 is 1.29 bits per heavy atom. The number of hydrogen-bond acceptors (Lipinski definition) is 4. The van der Waals surface area contributed by atoms with E-state index in [4.69, 9.17) is 0 Å². The van der Waals surface area contributed by atoms with E-state index >= 15 is 0 Å². The van der Waals surface area contributed by atoms with Crippen molar-refractivity contribution in [3.8, 4) is 5.75 Å². The standard InChI is InChI=1S/C11H6BrNO3S/c12-8-5-17(15,16)11-4-7-9(3-6(8)11)13-2-1-10(7)14/h1-5H,(H,13,14). The quantitative estimate of drug-likeness (QED) is 0.811. The molecule has 2 aromatic rings. The van der Waals surface area contributed by atoms with Crippen molar-refractivity contribution in [3.05, 3.63) is 35.4 Å². The summed E-state index contributed by atoms with van der Waals surface area (Å²) in [5, 5.41) is 11.3. The molecule has 0 saturated heterocycles. The molecule has 0 unspecified atom stereocenters. The Balaban J connectivity index is 2.49. The van der Waals surface area contributed by atoms with E-state index in [1.54, 1.807) is 6.07 Å².